The van der Waals surface area contributed by atoms with Crippen molar-refractivity contribution in [2.45, 2.75) is 31.7 Å². The van der Waals surface area contributed by atoms with Crippen LogP contribution in [-0.4, -0.2) is 47.3 Å². The van der Waals surface area contributed by atoms with Crippen molar-refractivity contribution in [2.75, 3.05) is 26.3 Å². The van der Waals surface area contributed by atoms with Gasteiger partial charge in [-0.2, -0.15) is 0 Å². The highest BCUT2D eigenvalue weighted by molar-refractivity contribution is 7.13. The van der Waals surface area contributed by atoms with E-state index < -0.39 is 5.97 Å². The molecule has 1 saturated carbocycles. The Morgan fingerprint density at radius 1 is 1.42 bits per heavy atom. The van der Waals surface area contributed by atoms with Gasteiger partial charge in [-0.1, -0.05) is 6.42 Å². The molecule has 2 heterocycles. The Morgan fingerprint density at radius 3 is 2.74 bits per heavy atom. The summed E-state index contributed by atoms with van der Waals surface area (Å²) in [6, 6.07) is 0. The third-order valence-electron chi connectivity index (χ3n) is 3.85. The summed E-state index contributed by atoms with van der Waals surface area (Å²) in [6.07, 6.45) is 3.36. The van der Waals surface area contributed by atoms with E-state index in [0.29, 0.717) is 10.8 Å². The smallest absolute Gasteiger partial charge is 0.347 e. The van der Waals surface area contributed by atoms with Crippen LogP contribution in [0.25, 0.3) is 0 Å². The van der Waals surface area contributed by atoms with E-state index in [1.165, 1.54) is 17.8 Å². The molecule has 1 saturated heterocycles. The maximum atomic E-state index is 11.3. The number of carbonyl (C=O) groups is 1. The standard InChI is InChI=1S/C13H18N2O3S/c16-13(17)12-11(9-2-1-3-9)14-10(19-12)8-15-4-6-18-7-5-15/h9H,1-8H2,(H,16,17). The zero-order chi connectivity index (χ0) is 13.2. The number of rotatable bonds is 4. The fourth-order valence-corrected chi connectivity index (χ4v) is 3.54. The van der Waals surface area contributed by atoms with Crippen LogP contribution in [0.3, 0.4) is 0 Å². The molecule has 1 aliphatic carbocycles. The van der Waals surface area contributed by atoms with Crippen LogP contribution in [0, 0.1) is 0 Å². The molecule has 1 aromatic heterocycles. The summed E-state index contributed by atoms with van der Waals surface area (Å²) in [5, 5.41) is 10.2. The number of hydrogen-bond acceptors (Lipinski definition) is 5. The van der Waals surface area contributed by atoms with Crippen molar-refractivity contribution in [3.63, 3.8) is 0 Å². The maximum absolute atomic E-state index is 11.3. The number of carboxylic acids is 1. The summed E-state index contributed by atoms with van der Waals surface area (Å²) in [6.45, 7) is 4.07. The fraction of sp³-hybridized carbons (Fsp3) is 0.692. The lowest BCUT2D eigenvalue weighted by molar-refractivity contribution is 0.0341. The van der Waals surface area contributed by atoms with Crippen LogP contribution < -0.4 is 0 Å². The fourth-order valence-electron chi connectivity index (χ4n) is 2.51. The number of ether oxygens (including phenoxy) is 1. The molecule has 0 spiro atoms. The number of thiazole rings is 1. The number of aromatic nitrogens is 1. The summed E-state index contributed by atoms with van der Waals surface area (Å²) >= 11 is 1.35. The molecule has 1 N–H and O–H groups in total. The second-order valence-corrected chi connectivity index (χ2v) is 6.23. The number of hydrogen-bond donors (Lipinski definition) is 1. The van der Waals surface area contributed by atoms with E-state index in [1.54, 1.807) is 0 Å². The zero-order valence-electron chi connectivity index (χ0n) is 10.8. The minimum atomic E-state index is -0.826. The van der Waals surface area contributed by atoms with Crippen LogP contribution in [0.1, 0.15) is 45.6 Å². The van der Waals surface area contributed by atoms with Gasteiger partial charge in [0.25, 0.3) is 0 Å². The van der Waals surface area contributed by atoms with Gasteiger partial charge in [0.2, 0.25) is 0 Å². The van der Waals surface area contributed by atoms with E-state index in [4.69, 9.17) is 4.74 Å². The van der Waals surface area contributed by atoms with Gasteiger partial charge in [0, 0.05) is 19.0 Å². The topological polar surface area (TPSA) is 62.7 Å². The van der Waals surface area contributed by atoms with Gasteiger partial charge < -0.3 is 9.84 Å². The number of morpholine rings is 1. The van der Waals surface area contributed by atoms with E-state index in [1.807, 2.05) is 0 Å². The highest BCUT2D eigenvalue weighted by Gasteiger charge is 2.29. The van der Waals surface area contributed by atoms with Crippen LogP contribution in [0.15, 0.2) is 0 Å². The predicted molar refractivity (Wildman–Crippen MR) is 71.8 cm³/mol. The van der Waals surface area contributed by atoms with Crippen molar-refractivity contribution in [1.82, 2.24) is 9.88 Å². The molecule has 104 valence electrons. The molecule has 0 amide bonds. The molecule has 2 fully saturated rings. The van der Waals surface area contributed by atoms with Crippen LogP contribution in [0.5, 0.6) is 0 Å². The van der Waals surface area contributed by atoms with E-state index >= 15 is 0 Å². The highest BCUT2D eigenvalue weighted by atomic mass is 32.1. The average molecular weight is 282 g/mol. The minimum absolute atomic E-state index is 0.376. The van der Waals surface area contributed by atoms with Gasteiger partial charge in [-0.3, -0.25) is 4.90 Å². The largest absolute Gasteiger partial charge is 0.477 e. The molecule has 3 rings (SSSR count). The van der Waals surface area contributed by atoms with Gasteiger partial charge in [0.05, 0.1) is 25.5 Å². The van der Waals surface area contributed by atoms with Gasteiger partial charge in [-0.05, 0) is 12.8 Å². The molecular formula is C13H18N2O3S. The average Bonchev–Trinajstić information content (AvgIpc) is 2.72. The van der Waals surface area contributed by atoms with Crippen molar-refractivity contribution in [2.24, 2.45) is 0 Å². The first-order chi connectivity index (χ1) is 9.24. The summed E-state index contributed by atoms with van der Waals surface area (Å²) in [5.41, 5.74) is 0.826. The van der Waals surface area contributed by atoms with E-state index in [-0.39, 0.29) is 0 Å². The number of nitrogens with zero attached hydrogens (tertiary/aromatic N) is 2. The first-order valence-corrected chi connectivity index (χ1v) is 7.58. The third kappa shape index (κ3) is 2.80. The molecule has 0 aromatic carbocycles. The van der Waals surface area contributed by atoms with Crippen molar-refractivity contribution in [1.29, 1.82) is 0 Å². The minimum Gasteiger partial charge on any atom is -0.477 e. The van der Waals surface area contributed by atoms with Gasteiger partial charge in [-0.25, -0.2) is 9.78 Å². The van der Waals surface area contributed by atoms with Gasteiger partial charge >= 0.3 is 5.97 Å². The second-order valence-electron chi connectivity index (χ2n) is 5.14. The van der Waals surface area contributed by atoms with Crippen molar-refractivity contribution in [3.8, 4) is 0 Å². The molecular weight excluding hydrogens is 264 g/mol. The molecule has 0 radical (unpaired) electrons. The van der Waals surface area contributed by atoms with Crippen LogP contribution in [0.2, 0.25) is 0 Å². The second kappa shape index (κ2) is 5.56. The van der Waals surface area contributed by atoms with E-state index in [0.717, 1.165) is 56.4 Å². The SMILES string of the molecule is O=C(O)c1sc(CN2CCOCC2)nc1C1CCC1. The molecule has 0 atom stereocenters. The number of carboxylic acid groups (broad SMARTS) is 1. The van der Waals surface area contributed by atoms with Gasteiger partial charge in [-0.15, -0.1) is 11.3 Å². The first kappa shape index (κ1) is 13.0. The van der Waals surface area contributed by atoms with Gasteiger partial charge in [0.15, 0.2) is 0 Å². The summed E-state index contributed by atoms with van der Waals surface area (Å²) in [7, 11) is 0. The zero-order valence-corrected chi connectivity index (χ0v) is 11.6. The van der Waals surface area contributed by atoms with E-state index in [2.05, 4.69) is 9.88 Å². The molecule has 6 heteroatoms. The van der Waals surface area contributed by atoms with Crippen LogP contribution >= 0.6 is 11.3 Å². The summed E-state index contributed by atoms with van der Waals surface area (Å²) in [4.78, 5) is 18.6. The molecule has 0 unspecified atom stereocenters. The first-order valence-electron chi connectivity index (χ1n) is 6.77. The number of aromatic carboxylic acids is 1. The quantitative estimate of drug-likeness (QED) is 0.914. The lowest BCUT2D eigenvalue weighted by Gasteiger charge is -2.25. The molecule has 0 bridgehead atoms. The molecule has 2 aliphatic rings. The maximum Gasteiger partial charge on any atom is 0.347 e. The Bertz CT molecular complexity index is 464. The Kier molecular flexibility index (Phi) is 3.81. The molecule has 19 heavy (non-hydrogen) atoms. The molecule has 1 aliphatic heterocycles. The Morgan fingerprint density at radius 2 is 2.16 bits per heavy atom. The van der Waals surface area contributed by atoms with Gasteiger partial charge in [0.1, 0.15) is 9.88 Å². The van der Waals surface area contributed by atoms with Crippen molar-refractivity contribution < 1.29 is 14.6 Å². The lowest BCUT2D eigenvalue weighted by atomic mass is 9.82. The normalized spacial score (nSPS) is 21.3. The summed E-state index contributed by atoms with van der Waals surface area (Å²) in [5.74, 6) is -0.451. The molecule has 1 aromatic rings. The highest BCUT2D eigenvalue weighted by Crippen LogP contribution is 2.39. The Hall–Kier alpha value is -0.980. The van der Waals surface area contributed by atoms with Crippen LogP contribution in [0.4, 0.5) is 0 Å². The van der Waals surface area contributed by atoms with Crippen molar-refractivity contribution in [3.05, 3.63) is 15.6 Å². The van der Waals surface area contributed by atoms with Crippen LogP contribution in [-0.2, 0) is 11.3 Å². The van der Waals surface area contributed by atoms with E-state index in [9.17, 15) is 9.90 Å². The third-order valence-corrected chi connectivity index (χ3v) is 4.89. The Labute approximate surface area is 116 Å². The Balaban J connectivity index is 1.75. The van der Waals surface area contributed by atoms with Crippen molar-refractivity contribution >= 4 is 17.3 Å². The molecule has 5 nitrogen and oxygen atoms in total. The monoisotopic (exact) mass is 282 g/mol. The summed E-state index contributed by atoms with van der Waals surface area (Å²) < 4.78 is 5.32. The lowest BCUT2D eigenvalue weighted by Crippen LogP contribution is -2.35. The predicted octanol–water partition coefficient (Wildman–Crippen LogP) is 1.94.